The normalized spacial score (nSPS) is 32.1. The molecule has 1 N–H and O–H groups in total. The molecule has 2 heterocycles. The molecule has 0 aromatic carbocycles. The van der Waals surface area contributed by atoms with Gasteiger partial charge >= 0.3 is 23.9 Å². The molecule has 0 bridgehead atoms. The summed E-state index contributed by atoms with van der Waals surface area (Å²) >= 11 is 1.12. The maximum atomic E-state index is 13.8. The largest absolute Gasteiger partial charge is 0.458 e. The van der Waals surface area contributed by atoms with E-state index < -0.39 is 71.4 Å². The van der Waals surface area contributed by atoms with Gasteiger partial charge in [-0.1, -0.05) is 13.3 Å². The van der Waals surface area contributed by atoms with E-state index in [-0.39, 0.29) is 0 Å². The van der Waals surface area contributed by atoms with Gasteiger partial charge in [-0.2, -0.15) is 0 Å². The van der Waals surface area contributed by atoms with Crippen LogP contribution < -0.4 is 5.32 Å². The molecule has 12 nitrogen and oxygen atoms in total. The molecule has 0 aromatic heterocycles. The van der Waals surface area contributed by atoms with Crippen LogP contribution in [-0.4, -0.2) is 96.2 Å². The van der Waals surface area contributed by atoms with Crippen LogP contribution >= 0.6 is 11.8 Å². The number of carbonyl (C=O) groups is 5. The zero-order valence-electron chi connectivity index (χ0n) is 23.3. The number of thioether (sulfide) groups is 1. The number of likely N-dealkylation sites (tertiary alicyclic amines) is 1. The highest BCUT2D eigenvalue weighted by atomic mass is 32.2. The molecule has 0 aliphatic carbocycles. The van der Waals surface area contributed by atoms with E-state index >= 15 is 0 Å². The van der Waals surface area contributed by atoms with Crippen LogP contribution in [0.25, 0.3) is 0 Å². The molecule has 38 heavy (non-hydrogen) atoms. The molecule has 0 aromatic rings. The lowest BCUT2D eigenvalue weighted by atomic mass is 9.88. The van der Waals surface area contributed by atoms with Gasteiger partial charge in [0.2, 0.25) is 11.6 Å². The van der Waals surface area contributed by atoms with Gasteiger partial charge in [0.25, 0.3) is 0 Å². The predicted molar refractivity (Wildman–Crippen MR) is 137 cm³/mol. The van der Waals surface area contributed by atoms with Gasteiger partial charge in [0, 0.05) is 34.2 Å². The number of nitrogens with one attached hydrogen (secondary N) is 1. The summed E-state index contributed by atoms with van der Waals surface area (Å²) in [5, 5.41) is 2.87. The number of hydrogen-bond donors (Lipinski definition) is 1. The van der Waals surface area contributed by atoms with Gasteiger partial charge < -0.3 is 29.0 Å². The number of hydrogen-bond acceptors (Lipinski definition) is 12. The quantitative estimate of drug-likeness (QED) is 0.304. The number of esters is 4. The molecule has 8 atom stereocenters. The number of nitrogens with zero attached hydrogens (tertiary/aromatic N) is 1. The summed E-state index contributed by atoms with van der Waals surface area (Å²) in [6.45, 7) is 8.94. The van der Waals surface area contributed by atoms with Gasteiger partial charge in [0.05, 0.1) is 6.04 Å². The van der Waals surface area contributed by atoms with Gasteiger partial charge in [-0.25, -0.2) is 0 Å². The zero-order chi connectivity index (χ0) is 28.8. The Bertz CT molecular complexity index is 901. The van der Waals surface area contributed by atoms with Crippen molar-refractivity contribution in [2.24, 2.45) is 5.92 Å². The third-order valence-corrected chi connectivity index (χ3v) is 7.48. The Labute approximate surface area is 227 Å². The monoisotopic (exact) mass is 560 g/mol. The van der Waals surface area contributed by atoms with Crippen molar-refractivity contribution in [2.45, 2.75) is 102 Å². The molecule has 0 unspecified atom stereocenters. The van der Waals surface area contributed by atoms with Crippen LogP contribution in [0.5, 0.6) is 0 Å². The Morgan fingerprint density at radius 3 is 2.08 bits per heavy atom. The van der Waals surface area contributed by atoms with Crippen LogP contribution in [0.4, 0.5) is 0 Å². The highest BCUT2D eigenvalue weighted by molar-refractivity contribution is 7.99. The molecule has 1 amide bonds. The molecule has 0 spiro atoms. The summed E-state index contributed by atoms with van der Waals surface area (Å²) < 4.78 is 28.5. The molecule has 216 valence electrons. The maximum Gasteiger partial charge on any atom is 0.303 e. The zero-order valence-corrected chi connectivity index (χ0v) is 24.1. The third kappa shape index (κ3) is 7.60. The van der Waals surface area contributed by atoms with E-state index in [0.717, 1.165) is 45.0 Å². The van der Waals surface area contributed by atoms with Crippen molar-refractivity contribution in [3.05, 3.63) is 0 Å². The first-order chi connectivity index (χ1) is 17.7. The van der Waals surface area contributed by atoms with E-state index in [2.05, 4.69) is 12.2 Å². The van der Waals surface area contributed by atoms with Gasteiger partial charge in [-0.05, 0) is 39.0 Å². The lowest BCUT2D eigenvalue weighted by Gasteiger charge is -2.52. The highest BCUT2D eigenvalue weighted by Gasteiger charge is 2.64. The second-order valence-electron chi connectivity index (χ2n) is 9.78. The predicted octanol–water partition coefficient (Wildman–Crippen LogP) is 1.39. The molecular weight excluding hydrogens is 520 g/mol. The van der Waals surface area contributed by atoms with E-state index in [1.54, 1.807) is 6.26 Å². The molecule has 2 aliphatic rings. The summed E-state index contributed by atoms with van der Waals surface area (Å²) in [6.07, 6.45) is -1.13. The summed E-state index contributed by atoms with van der Waals surface area (Å²) in [4.78, 5) is 64.2. The number of rotatable bonds is 10. The van der Waals surface area contributed by atoms with Crippen LogP contribution in [0.3, 0.4) is 0 Å². The lowest BCUT2D eigenvalue weighted by Crippen LogP contribution is -2.77. The Hall–Kier alpha value is -2.38. The minimum absolute atomic E-state index is 0.320. The van der Waals surface area contributed by atoms with Gasteiger partial charge in [-0.15, -0.1) is 11.8 Å². The van der Waals surface area contributed by atoms with Crippen molar-refractivity contribution in [3.63, 3.8) is 0 Å². The summed E-state index contributed by atoms with van der Waals surface area (Å²) in [7, 11) is 1.84. The van der Waals surface area contributed by atoms with E-state index in [1.807, 2.05) is 11.9 Å². The second kappa shape index (κ2) is 13.6. The van der Waals surface area contributed by atoms with Crippen molar-refractivity contribution in [2.75, 3.05) is 19.8 Å². The lowest BCUT2D eigenvalue weighted by molar-refractivity contribution is -0.293. The topological polar surface area (TPSA) is 147 Å². The molecule has 0 radical (unpaired) electrons. The Kier molecular flexibility index (Phi) is 11.4. The number of likely N-dealkylation sites (N-methyl/N-ethyl adjacent to an activating group) is 1. The fourth-order valence-corrected chi connectivity index (χ4v) is 5.95. The number of carbonyl (C=O) groups excluding carboxylic acids is 5. The minimum Gasteiger partial charge on any atom is -0.458 e. The Balaban J connectivity index is 2.64. The third-order valence-electron chi connectivity index (χ3n) is 6.65. The smallest absolute Gasteiger partial charge is 0.303 e. The molecule has 2 aliphatic heterocycles. The first kappa shape index (κ1) is 31.8. The van der Waals surface area contributed by atoms with E-state index in [0.29, 0.717) is 12.3 Å². The van der Waals surface area contributed by atoms with Gasteiger partial charge in [0.15, 0.2) is 24.4 Å². The van der Waals surface area contributed by atoms with Crippen LogP contribution in [0, 0.1) is 5.92 Å². The summed E-state index contributed by atoms with van der Waals surface area (Å²) in [5.41, 5.74) is -2.98. The molecule has 2 rings (SSSR count). The number of ether oxygens (including phenoxy) is 5. The van der Waals surface area contributed by atoms with Crippen molar-refractivity contribution in [1.29, 1.82) is 0 Å². The van der Waals surface area contributed by atoms with Crippen LogP contribution in [0.15, 0.2) is 0 Å². The standard InChI is InChI=1S/C25H40N2O10S/c1-9-10-18-11-19(27(7)12-18)23(32)26-25(13(2)33-14(3)28)22(36-17(6)31)20(34-15(4)29)21(35-16(5)30)24(37-25)38-8/h13,18-22,24H,9-12H2,1-8H3,(H,26,32)/t13-,18+,19+,20-,21+,22-,24+,25+/m1/s1. The first-order valence-electron chi connectivity index (χ1n) is 12.7. The minimum atomic E-state index is -1.98. The van der Waals surface area contributed by atoms with Gasteiger partial charge in [-0.3, -0.25) is 28.9 Å². The SMILES string of the molecule is CCC[C@H]1C[C@@H](C(=O)N[C@@]2([C@@H](C)OC(C)=O)O[C@@H](SC)[C@@H](OC(C)=O)[C@@H](OC(C)=O)[C@H]2OC(C)=O)N(C)C1. The summed E-state index contributed by atoms with van der Waals surface area (Å²) in [6, 6.07) is -0.527. The second-order valence-corrected chi connectivity index (χ2v) is 10.7. The van der Waals surface area contributed by atoms with Crippen LogP contribution in [0.1, 0.15) is 60.8 Å². The fraction of sp³-hybridized carbons (Fsp3) is 0.800. The highest BCUT2D eigenvalue weighted by Crippen LogP contribution is 2.41. The molecule has 2 fully saturated rings. The Morgan fingerprint density at radius 1 is 1.00 bits per heavy atom. The molecule has 2 saturated heterocycles. The molecular formula is C25H40N2O10S. The number of amides is 1. The van der Waals surface area contributed by atoms with Crippen molar-refractivity contribution in [1.82, 2.24) is 10.2 Å². The van der Waals surface area contributed by atoms with Gasteiger partial charge in [0.1, 0.15) is 5.44 Å². The van der Waals surface area contributed by atoms with E-state index in [9.17, 15) is 24.0 Å². The van der Waals surface area contributed by atoms with Crippen LogP contribution in [-0.2, 0) is 47.7 Å². The van der Waals surface area contributed by atoms with Crippen molar-refractivity contribution in [3.8, 4) is 0 Å². The van der Waals surface area contributed by atoms with E-state index in [4.69, 9.17) is 23.7 Å². The molecule has 0 saturated carbocycles. The average molecular weight is 561 g/mol. The first-order valence-corrected chi connectivity index (χ1v) is 14.0. The Morgan fingerprint density at radius 2 is 1.58 bits per heavy atom. The fourth-order valence-electron chi connectivity index (χ4n) is 5.22. The summed E-state index contributed by atoms with van der Waals surface area (Å²) in [5.74, 6) is -3.01. The van der Waals surface area contributed by atoms with Crippen molar-refractivity contribution < 1.29 is 47.7 Å². The van der Waals surface area contributed by atoms with Crippen LogP contribution in [0.2, 0.25) is 0 Å². The average Bonchev–Trinajstić information content (AvgIpc) is 3.16. The maximum absolute atomic E-state index is 13.8. The van der Waals surface area contributed by atoms with Crippen molar-refractivity contribution >= 4 is 41.5 Å². The molecule has 13 heteroatoms. The van der Waals surface area contributed by atoms with E-state index in [1.165, 1.54) is 20.8 Å².